The molecule has 3 rings (SSSR count). The Morgan fingerprint density at radius 1 is 1.32 bits per heavy atom. The standard InChI is InChI=1S/C16H18N2O3S/c19-16(17-9-13-10-20-6-7-21-13)14-11-22-15(18-14)8-12-4-2-1-3-5-12/h1-5,11,13H,6-10H2,(H,17,19)/t13-/m1/s1. The minimum Gasteiger partial charge on any atom is -0.376 e. The summed E-state index contributed by atoms with van der Waals surface area (Å²) in [5.41, 5.74) is 1.66. The molecule has 1 aliphatic rings. The average molecular weight is 318 g/mol. The summed E-state index contributed by atoms with van der Waals surface area (Å²) in [7, 11) is 0. The Bertz CT molecular complexity index is 609. The van der Waals surface area contributed by atoms with Crippen molar-refractivity contribution < 1.29 is 14.3 Å². The van der Waals surface area contributed by atoms with Crippen LogP contribution in [0.15, 0.2) is 35.7 Å². The fourth-order valence-corrected chi connectivity index (χ4v) is 3.03. The number of ether oxygens (including phenoxy) is 2. The van der Waals surface area contributed by atoms with Gasteiger partial charge in [0.15, 0.2) is 0 Å². The fraction of sp³-hybridized carbons (Fsp3) is 0.375. The highest BCUT2D eigenvalue weighted by Gasteiger charge is 2.17. The SMILES string of the molecule is O=C(NC[C@@H]1COCCO1)c1csc(Cc2ccccc2)n1. The summed E-state index contributed by atoms with van der Waals surface area (Å²) in [5.74, 6) is -0.162. The first-order valence-corrected chi connectivity index (χ1v) is 8.15. The van der Waals surface area contributed by atoms with Gasteiger partial charge in [-0.1, -0.05) is 30.3 Å². The molecule has 1 fully saturated rings. The van der Waals surface area contributed by atoms with Gasteiger partial charge in [-0.3, -0.25) is 4.79 Å². The van der Waals surface area contributed by atoms with E-state index in [4.69, 9.17) is 9.47 Å². The van der Waals surface area contributed by atoms with Crippen molar-refractivity contribution in [3.05, 3.63) is 52.0 Å². The molecule has 1 saturated heterocycles. The zero-order chi connectivity index (χ0) is 15.2. The number of benzene rings is 1. The van der Waals surface area contributed by atoms with Crippen molar-refractivity contribution in [3.63, 3.8) is 0 Å². The molecular weight excluding hydrogens is 300 g/mol. The van der Waals surface area contributed by atoms with Crippen LogP contribution in [0.2, 0.25) is 0 Å². The normalized spacial score (nSPS) is 18.1. The van der Waals surface area contributed by atoms with Gasteiger partial charge in [-0.15, -0.1) is 11.3 Å². The Labute approximate surface area is 133 Å². The van der Waals surface area contributed by atoms with Gasteiger partial charge >= 0.3 is 0 Å². The largest absolute Gasteiger partial charge is 0.376 e. The van der Waals surface area contributed by atoms with Crippen molar-refractivity contribution >= 4 is 17.2 Å². The van der Waals surface area contributed by atoms with Gasteiger partial charge in [0.25, 0.3) is 5.91 Å². The molecule has 1 aromatic heterocycles. The van der Waals surface area contributed by atoms with Crippen molar-refractivity contribution in [2.75, 3.05) is 26.4 Å². The van der Waals surface area contributed by atoms with Gasteiger partial charge in [0, 0.05) is 18.3 Å². The summed E-state index contributed by atoms with van der Waals surface area (Å²) in [6, 6.07) is 10.1. The zero-order valence-corrected chi connectivity index (χ0v) is 13.0. The van der Waals surface area contributed by atoms with E-state index >= 15 is 0 Å². The monoisotopic (exact) mass is 318 g/mol. The summed E-state index contributed by atoms with van der Waals surface area (Å²) in [4.78, 5) is 16.5. The first kappa shape index (κ1) is 15.1. The molecule has 1 atom stereocenters. The molecule has 2 aromatic rings. The molecule has 0 bridgehead atoms. The molecule has 6 heteroatoms. The Morgan fingerprint density at radius 3 is 2.95 bits per heavy atom. The quantitative estimate of drug-likeness (QED) is 0.914. The van der Waals surface area contributed by atoms with Crippen molar-refractivity contribution in [3.8, 4) is 0 Å². The number of rotatable bonds is 5. The maximum atomic E-state index is 12.1. The van der Waals surface area contributed by atoms with Gasteiger partial charge in [0.1, 0.15) is 5.69 Å². The lowest BCUT2D eigenvalue weighted by Crippen LogP contribution is -2.39. The molecule has 0 radical (unpaired) electrons. The van der Waals surface area contributed by atoms with Crippen LogP contribution in [-0.2, 0) is 15.9 Å². The fourth-order valence-electron chi connectivity index (χ4n) is 2.22. The number of hydrogen-bond acceptors (Lipinski definition) is 5. The van der Waals surface area contributed by atoms with E-state index in [9.17, 15) is 4.79 Å². The lowest BCUT2D eigenvalue weighted by atomic mass is 10.2. The lowest BCUT2D eigenvalue weighted by molar-refractivity contribution is -0.0855. The van der Waals surface area contributed by atoms with Crippen molar-refractivity contribution in [1.29, 1.82) is 0 Å². The number of hydrogen-bond donors (Lipinski definition) is 1. The number of thiazole rings is 1. The van der Waals surface area contributed by atoms with Crippen molar-refractivity contribution in [2.45, 2.75) is 12.5 Å². The first-order valence-electron chi connectivity index (χ1n) is 7.27. The highest BCUT2D eigenvalue weighted by atomic mass is 32.1. The third-order valence-corrected chi connectivity index (χ3v) is 4.21. The maximum Gasteiger partial charge on any atom is 0.270 e. The highest BCUT2D eigenvalue weighted by Crippen LogP contribution is 2.14. The van der Waals surface area contributed by atoms with Crippen LogP contribution in [0.4, 0.5) is 0 Å². The molecule has 2 heterocycles. The Balaban J connectivity index is 1.52. The van der Waals surface area contributed by atoms with E-state index in [0.717, 1.165) is 11.4 Å². The molecule has 0 aliphatic carbocycles. The minimum absolute atomic E-state index is 0.0693. The smallest absolute Gasteiger partial charge is 0.270 e. The van der Waals surface area contributed by atoms with Crippen LogP contribution in [0.25, 0.3) is 0 Å². The molecule has 116 valence electrons. The van der Waals surface area contributed by atoms with Gasteiger partial charge in [-0.2, -0.15) is 0 Å². The van der Waals surface area contributed by atoms with E-state index in [1.165, 1.54) is 16.9 Å². The van der Waals surface area contributed by atoms with E-state index in [0.29, 0.717) is 32.1 Å². The van der Waals surface area contributed by atoms with E-state index < -0.39 is 0 Å². The van der Waals surface area contributed by atoms with Crippen LogP contribution < -0.4 is 5.32 Å². The summed E-state index contributed by atoms with van der Waals surface area (Å²) >= 11 is 1.51. The van der Waals surface area contributed by atoms with Gasteiger partial charge in [0.05, 0.1) is 30.9 Å². The van der Waals surface area contributed by atoms with Crippen molar-refractivity contribution in [1.82, 2.24) is 10.3 Å². The second kappa shape index (κ2) is 7.49. The van der Waals surface area contributed by atoms with Crippen LogP contribution in [0.5, 0.6) is 0 Å². The second-order valence-electron chi connectivity index (χ2n) is 5.07. The van der Waals surface area contributed by atoms with E-state index in [1.807, 2.05) is 18.2 Å². The van der Waals surface area contributed by atoms with Crippen LogP contribution in [-0.4, -0.2) is 43.4 Å². The molecular formula is C16H18N2O3S. The summed E-state index contributed by atoms with van der Waals surface area (Å²) < 4.78 is 10.8. The molecule has 0 spiro atoms. The van der Waals surface area contributed by atoms with Gasteiger partial charge in [-0.05, 0) is 5.56 Å². The van der Waals surface area contributed by atoms with E-state index in [-0.39, 0.29) is 12.0 Å². The summed E-state index contributed by atoms with van der Waals surface area (Å²) in [5, 5.41) is 5.58. The van der Waals surface area contributed by atoms with E-state index in [1.54, 1.807) is 5.38 Å². The van der Waals surface area contributed by atoms with Crippen LogP contribution in [0.1, 0.15) is 21.1 Å². The molecule has 1 amide bonds. The number of carbonyl (C=O) groups excluding carboxylic acids is 1. The zero-order valence-electron chi connectivity index (χ0n) is 12.2. The van der Waals surface area contributed by atoms with Gasteiger partial charge in [0.2, 0.25) is 0 Å². The van der Waals surface area contributed by atoms with Gasteiger partial charge < -0.3 is 14.8 Å². The summed E-state index contributed by atoms with van der Waals surface area (Å²) in [6.45, 7) is 2.18. The Kier molecular flexibility index (Phi) is 5.15. The predicted octanol–water partition coefficient (Wildman–Crippen LogP) is 1.88. The second-order valence-corrected chi connectivity index (χ2v) is 6.01. The van der Waals surface area contributed by atoms with E-state index in [2.05, 4.69) is 22.4 Å². The lowest BCUT2D eigenvalue weighted by Gasteiger charge is -2.22. The number of amides is 1. The summed E-state index contributed by atoms with van der Waals surface area (Å²) in [6.07, 6.45) is 0.679. The average Bonchev–Trinajstić information content (AvgIpc) is 3.03. The Hall–Kier alpha value is -1.76. The molecule has 1 N–H and O–H groups in total. The molecule has 0 unspecified atom stereocenters. The minimum atomic E-state index is -0.162. The third kappa shape index (κ3) is 4.13. The molecule has 5 nitrogen and oxygen atoms in total. The molecule has 1 aromatic carbocycles. The number of nitrogens with one attached hydrogen (secondary N) is 1. The maximum absolute atomic E-state index is 12.1. The van der Waals surface area contributed by atoms with Gasteiger partial charge in [-0.25, -0.2) is 4.98 Å². The van der Waals surface area contributed by atoms with Crippen LogP contribution in [0.3, 0.4) is 0 Å². The predicted molar refractivity (Wildman–Crippen MR) is 84.3 cm³/mol. The van der Waals surface area contributed by atoms with Crippen LogP contribution >= 0.6 is 11.3 Å². The molecule has 0 saturated carbocycles. The first-order chi connectivity index (χ1) is 10.8. The number of carbonyl (C=O) groups is 1. The Morgan fingerprint density at radius 2 is 2.18 bits per heavy atom. The highest BCUT2D eigenvalue weighted by molar-refractivity contribution is 7.09. The van der Waals surface area contributed by atoms with Crippen molar-refractivity contribution in [2.24, 2.45) is 0 Å². The topological polar surface area (TPSA) is 60.5 Å². The third-order valence-electron chi connectivity index (χ3n) is 3.36. The van der Waals surface area contributed by atoms with Crippen LogP contribution in [0, 0.1) is 0 Å². The molecule has 1 aliphatic heterocycles. The number of nitrogens with zero attached hydrogens (tertiary/aromatic N) is 1. The molecule has 22 heavy (non-hydrogen) atoms. The number of aromatic nitrogens is 1.